The number of benzene rings is 2. The summed E-state index contributed by atoms with van der Waals surface area (Å²) in [6.45, 7) is 0.833. The molecule has 0 radical (unpaired) electrons. The lowest BCUT2D eigenvalue weighted by atomic mass is 10.2. The Balaban J connectivity index is 1.50. The number of nitrogens with zero attached hydrogens (tertiary/aromatic N) is 5. The average Bonchev–Trinajstić information content (AvgIpc) is 3.29. The molecule has 30 heavy (non-hydrogen) atoms. The molecule has 0 aliphatic carbocycles. The van der Waals surface area contributed by atoms with Gasteiger partial charge in [-0.05, 0) is 24.3 Å². The fourth-order valence-electron chi connectivity index (χ4n) is 3.46. The average molecular weight is 421 g/mol. The third-order valence-electron chi connectivity index (χ3n) is 5.04. The highest BCUT2D eigenvalue weighted by molar-refractivity contribution is 7.89. The van der Waals surface area contributed by atoms with Gasteiger partial charge < -0.3 is 4.90 Å². The minimum absolute atomic E-state index is 0.00516. The molecular weight excluding hydrogens is 402 g/mol. The summed E-state index contributed by atoms with van der Waals surface area (Å²) >= 11 is 0. The molecule has 1 fully saturated rings. The Bertz CT molecular complexity index is 1210. The lowest BCUT2D eigenvalue weighted by molar-refractivity contribution is 0.0690. The number of rotatable bonds is 4. The molecule has 3 aromatic rings. The minimum atomic E-state index is -3.80. The van der Waals surface area contributed by atoms with Crippen LogP contribution in [0, 0.1) is 11.3 Å². The zero-order chi connectivity index (χ0) is 21.1. The number of hydrogen-bond acceptors (Lipinski definition) is 5. The van der Waals surface area contributed by atoms with Crippen molar-refractivity contribution in [2.24, 2.45) is 0 Å². The molecule has 2 heterocycles. The molecule has 0 unspecified atom stereocenters. The Morgan fingerprint density at radius 1 is 0.967 bits per heavy atom. The summed E-state index contributed by atoms with van der Waals surface area (Å²) in [6.07, 6.45) is 3.10. The first-order valence-electron chi connectivity index (χ1n) is 9.38. The molecule has 1 aliphatic heterocycles. The topological polar surface area (TPSA) is 99.3 Å². The van der Waals surface area contributed by atoms with Crippen LogP contribution in [0.5, 0.6) is 0 Å². The van der Waals surface area contributed by atoms with Crippen molar-refractivity contribution in [3.63, 3.8) is 0 Å². The lowest BCUT2D eigenvalue weighted by Gasteiger charge is -2.34. The summed E-state index contributed by atoms with van der Waals surface area (Å²) in [4.78, 5) is 18.8. The van der Waals surface area contributed by atoms with Crippen LogP contribution in [0.1, 0.15) is 16.1 Å². The molecule has 0 N–H and O–H groups in total. The van der Waals surface area contributed by atoms with Crippen LogP contribution in [0.25, 0.3) is 5.69 Å². The number of nitriles is 1. The maximum Gasteiger partial charge on any atom is 0.272 e. The van der Waals surface area contributed by atoms with Gasteiger partial charge in [-0.2, -0.15) is 9.57 Å². The Hall–Kier alpha value is -3.48. The van der Waals surface area contributed by atoms with Gasteiger partial charge in [-0.25, -0.2) is 13.4 Å². The highest BCUT2D eigenvalue weighted by Crippen LogP contribution is 2.22. The second-order valence-electron chi connectivity index (χ2n) is 6.79. The molecule has 0 saturated carbocycles. The minimum Gasteiger partial charge on any atom is -0.335 e. The fourth-order valence-corrected chi connectivity index (χ4v) is 5.03. The van der Waals surface area contributed by atoms with Gasteiger partial charge in [-0.1, -0.05) is 30.3 Å². The summed E-state index contributed by atoms with van der Waals surface area (Å²) in [5.74, 6) is -0.203. The van der Waals surface area contributed by atoms with Crippen LogP contribution in [-0.2, 0) is 10.0 Å². The van der Waals surface area contributed by atoms with Crippen molar-refractivity contribution in [3.05, 3.63) is 78.4 Å². The van der Waals surface area contributed by atoms with E-state index < -0.39 is 10.0 Å². The molecule has 1 saturated heterocycles. The third kappa shape index (κ3) is 3.58. The lowest BCUT2D eigenvalue weighted by Crippen LogP contribution is -2.50. The van der Waals surface area contributed by atoms with Gasteiger partial charge in [0.25, 0.3) is 5.91 Å². The fraction of sp³-hybridized carbons (Fsp3) is 0.190. The third-order valence-corrected chi connectivity index (χ3v) is 7.00. The number of sulfonamides is 1. The molecule has 152 valence electrons. The van der Waals surface area contributed by atoms with Crippen LogP contribution in [0.2, 0.25) is 0 Å². The Morgan fingerprint density at radius 2 is 1.63 bits per heavy atom. The smallest absolute Gasteiger partial charge is 0.272 e. The molecule has 9 heteroatoms. The molecular formula is C21H19N5O3S. The molecule has 1 amide bonds. The van der Waals surface area contributed by atoms with Crippen molar-refractivity contribution in [1.82, 2.24) is 18.8 Å². The van der Waals surface area contributed by atoms with Gasteiger partial charge in [0, 0.05) is 31.9 Å². The van der Waals surface area contributed by atoms with Crippen molar-refractivity contribution in [2.75, 3.05) is 26.2 Å². The molecule has 0 atom stereocenters. The molecule has 2 aromatic carbocycles. The number of amides is 1. The van der Waals surface area contributed by atoms with Crippen molar-refractivity contribution < 1.29 is 13.2 Å². The van der Waals surface area contributed by atoms with Crippen LogP contribution in [0.4, 0.5) is 0 Å². The first-order chi connectivity index (χ1) is 14.5. The SMILES string of the molecule is N#Cc1ccccc1S(=O)(=O)N1CCN(C(=O)c2cncn2-c2ccccc2)CC1. The van der Waals surface area contributed by atoms with E-state index in [1.165, 1.54) is 22.6 Å². The van der Waals surface area contributed by atoms with Crippen molar-refractivity contribution in [1.29, 1.82) is 5.26 Å². The normalized spacial score (nSPS) is 15.0. The molecule has 8 nitrogen and oxygen atoms in total. The summed E-state index contributed by atoms with van der Waals surface area (Å²) in [7, 11) is -3.80. The van der Waals surface area contributed by atoms with Gasteiger partial charge in [0.05, 0.1) is 23.0 Å². The molecule has 0 spiro atoms. The van der Waals surface area contributed by atoms with E-state index in [-0.39, 0.29) is 42.5 Å². The number of carbonyl (C=O) groups is 1. The van der Waals surface area contributed by atoms with Gasteiger partial charge in [0.1, 0.15) is 11.8 Å². The zero-order valence-electron chi connectivity index (χ0n) is 16.0. The second-order valence-corrected chi connectivity index (χ2v) is 8.70. The number of piperazine rings is 1. The summed E-state index contributed by atoms with van der Waals surface area (Å²) in [5, 5.41) is 9.23. The van der Waals surface area contributed by atoms with Gasteiger partial charge >= 0.3 is 0 Å². The highest BCUT2D eigenvalue weighted by Gasteiger charge is 2.32. The van der Waals surface area contributed by atoms with E-state index in [1.807, 2.05) is 36.4 Å². The van der Waals surface area contributed by atoms with E-state index in [9.17, 15) is 18.5 Å². The zero-order valence-corrected chi connectivity index (χ0v) is 16.9. The maximum atomic E-state index is 13.0. The van der Waals surface area contributed by atoms with E-state index in [0.717, 1.165) is 5.69 Å². The van der Waals surface area contributed by atoms with Crippen LogP contribution >= 0.6 is 0 Å². The molecule has 4 rings (SSSR count). The van der Waals surface area contributed by atoms with Crippen LogP contribution in [0.3, 0.4) is 0 Å². The molecule has 1 aromatic heterocycles. The predicted molar refractivity (Wildman–Crippen MR) is 109 cm³/mol. The Kier molecular flexibility index (Phi) is 5.35. The van der Waals surface area contributed by atoms with Gasteiger partial charge in [-0.15, -0.1) is 0 Å². The number of carbonyl (C=O) groups excluding carboxylic acids is 1. The van der Waals surface area contributed by atoms with Gasteiger partial charge in [-0.3, -0.25) is 9.36 Å². The summed E-state index contributed by atoms with van der Waals surface area (Å²) < 4.78 is 29.0. The van der Waals surface area contributed by atoms with E-state index in [4.69, 9.17) is 0 Å². The van der Waals surface area contributed by atoms with E-state index in [0.29, 0.717) is 5.69 Å². The van der Waals surface area contributed by atoms with Gasteiger partial charge in [0.2, 0.25) is 10.0 Å². The highest BCUT2D eigenvalue weighted by atomic mass is 32.2. The van der Waals surface area contributed by atoms with E-state index >= 15 is 0 Å². The number of para-hydroxylation sites is 1. The Morgan fingerprint density at radius 3 is 2.33 bits per heavy atom. The number of aromatic nitrogens is 2. The summed E-state index contributed by atoms with van der Waals surface area (Å²) in [6, 6.07) is 17.5. The first kappa shape index (κ1) is 19.8. The van der Waals surface area contributed by atoms with Crippen molar-refractivity contribution >= 4 is 15.9 Å². The van der Waals surface area contributed by atoms with Gasteiger partial charge in [0.15, 0.2) is 0 Å². The maximum absolute atomic E-state index is 13.0. The second kappa shape index (κ2) is 8.10. The standard InChI is InChI=1S/C21H19N5O3S/c22-14-17-6-4-5-9-20(17)30(28,29)25-12-10-24(11-13-25)21(27)19-15-23-16-26(19)18-7-2-1-3-8-18/h1-9,15-16H,10-13H2. The number of hydrogen-bond donors (Lipinski definition) is 0. The van der Waals surface area contributed by atoms with Crippen LogP contribution < -0.4 is 0 Å². The molecule has 0 bridgehead atoms. The van der Waals surface area contributed by atoms with E-state index in [1.54, 1.807) is 27.9 Å². The molecule has 1 aliphatic rings. The van der Waals surface area contributed by atoms with Crippen molar-refractivity contribution in [2.45, 2.75) is 4.90 Å². The first-order valence-corrected chi connectivity index (χ1v) is 10.8. The quantitative estimate of drug-likeness (QED) is 0.641. The largest absolute Gasteiger partial charge is 0.335 e. The summed E-state index contributed by atoms with van der Waals surface area (Å²) in [5.41, 5.74) is 1.36. The Labute approximate surface area is 174 Å². The van der Waals surface area contributed by atoms with E-state index in [2.05, 4.69) is 4.98 Å². The monoisotopic (exact) mass is 421 g/mol. The predicted octanol–water partition coefficient (Wildman–Crippen LogP) is 1.89. The van der Waals surface area contributed by atoms with Crippen LogP contribution in [0.15, 0.2) is 72.0 Å². The van der Waals surface area contributed by atoms with Crippen molar-refractivity contribution in [3.8, 4) is 11.8 Å². The number of imidazole rings is 1. The van der Waals surface area contributed by atoms with Crippen LogP contribution in [-0.4, -0.2) is 59.3 Å².